The van der Waals surface area contributed by atoms with Gasteiger partial charge in [-0.25, -0.2) is 4.89 Å². The van der Waals surface area contributed by atoms with E-state index < -0.39 is 12.0 Å². The molecule has 0 aliphatic carbocycles. The molecule has 48 valence electrons. The highest BCUT2D eigenvalue weighted by Crippen LogP contribution is 1.76. The van der Waals surface area contributed by atoms with E-state index in [0.29, 0.717) is 0 Å². The van der Waals surface area contributed by atoms with Gasteiger partial charge in [0, 0.05) is 0 Å². The van der Waals surface area contributed by atoms with E-state index in [1.54, 1.807) is 0 Å². The van der Waals surface area contributed by atoms with Crippen molar-refractivity contribution in [3.63, 3.8) is 0 Å². The van der Waals surface area contributed by atoms with E-state index in [2.05, 4.69) is 4.89 Å². The van der Waals surface area contributed by atoms with Crippen LogP contribution < -0.4 is 5.73 Å². The van der Waals surface area contributed by atoms with Crippen LogP contribution in [0, 0.1) is 0 Å². The molecule has 0 amide bonds. The fourth-order valence-electron chi connectivity index (χ4n) is 0.152. The summed E-state index contributed by atoms with van der Waals surface area (Å²) in [6.45, 7) is -0.380. The minimum Gasteiger partial charge on any atom is -0.480 e. The Morgan fingerprint density at radius 3 is 2.50 bits per heavy atom. The molecular weight excluding hydrogens is 114 g/mol. The summed E-state index contributed by atoms with van der Waals surface area (Å²) in [5.41, 5.74) is 4.84. The molecule has 0 aliphatic heterocycles. The molecule has 0 radical (unpaired) electrons. The first-order chi connectivity index (χ1) is 3.68. The van der Waals surface area contributed by atoms with Crippen molar-refractivity contribution in [3.8, 4) is 0 Å². The second-order valence-electron chi connectivity index (χ2n) is 1.24. The predicted molar refractivity (Wildman–Crippen MR) is 24.2 cm³/mol. The molecule has 1 atom stereocenters. The highest BCUT2D eigenvalue weighted by Gasteiger charge is 2.09. The van der Waals surface area contributed by atoms with Crippen LogP contribution >= 0.6 is 0 Å². The van der Waals surface area contributed by atoms with Crippen molar-refractivity contribution >= 4 is 5.97 Å². The lowest BCUT2D eigenvalue weighted by Crippen LogP contribution is -2.34. The maximum absolute atomic E-state index is 9.77. The third-order valence-corrected chi connectivity index (χ3v) is 0.571. The van der Waals surface area contributed by atoms with Gasteiger partial charge in [-0.1, -0.05) is 0 Å². The van der Waals surface area contributed by atoms with Crippen molar-refractivity contribution in [2.75, 3.05) is 6.61 Å². The first-order valence-electron chi connectivity index (χ1n) is 1.93. The fraction of sp³-hybridized carbons (Fsp3) is 0.667. The molecule has 0 saturated carbocycles. The van der Waals surface area contributed by atoms with Gasteiger partial charge in [-0.3, -0.25) is 10.1 Å². The second-order valence-corrected chi connectivity index (χ2v) is 1.24. The van der Waals surface area contributed by atoms with E-state index in [9.17, 15) is 4.79 Å². The molecule has 8 heavy (non-hydrogen) atoms. The summed E-state index contributed by atoms with van der Waals surface area (Å²) in [4.78, 5) is 13.2. The third-order valence-electron chi connectivity index (χ3n) is 0.571. The predicted octanol–water partition coefficient (Wildman–Crippen LogP) is -1.11. The molecule has 0 aromatic rings. The molecule has 0 fully saturated rings. The van der Waals surface area contributed by atoms with Crippen LogP contribution in [-0.4, -0.2) is 29.0 Å². The first kappa shape index (κ1) is 7.35. The maximum Gasteiger partial charge on any atom is 0.323 e. The number of nitrogens with two attached hydrogens (primary N) is 1. The maximum atomic E-state index is 9.77. The van der Waals surface area contributed by atoms with Crippen LogP contribution in [0.25, 0.3) is 0 Å². The number of aliphatic carboxylic acids is 1. The van der Waals surface area contributed by atoms with Gasteiger partial charge in [0.05, 0.1) is 0 Å². The van der Waals surface area contributed by atoms with Crippen LogP contribution in [0.4, 0.5) is 0 Å². The molecule has 0 spiro atoms. The zero-order valence-electron chi connectivity index (χ0n) is 4.07. The smallest absolute Gasteiger partial charge is 0.323 e. The van der Waals surface area contributed by atoms with Gasteiger partial charge in [0.25, 0.3) is 0 Å². The van der Waals surface area contributed by atoms with Gasteiger partial charge in [0.2, 0.25) is 0 Å². The molecule has 0 aliphatic rings. The van der Waals surface area contributed by atoms with Crippen LogP contribution in [-0.2, 0) is 9.68 Å². The van der Waals surface area contributed by atoms with Gasteiger partial charge < -0.3 is 10.8 Å². The molecule has 5 heteroatoms. The molecule has 0 unspecified atom stereocenters. The van der Waals surface area contributed by atoms with Crippen molar-refractivity contribution in [1.29, 1.82) is 0 Å². The number of carboxylic acid groups (broad SMARTS) is 1. The van der Waals surface area contributed by atoms with Crippen LogP contribution in [0.1, 0.15) is 0 Å². The van der Waals surface area contributed by atoms with Crippen LogP contribution in [0.15, 0.2) is 0 Å². The normalized spacial score (nSPS) is 13.2. The molecular formula is C3H7NO4. The van der Waals surface area contributed by atoms with Crippen molar-refractivity contribution in [3.05, 3.63) is 0 Å². The van der Waals surface area contributed by atoms with Gasteiger partial charge >= 0.3 is 5.97 Å². The summed E-state index contributed by atoms with van der Waals surface area (Å²) in [5, 5.41) is 15.6. The second kappa shape index (κ2) is 3.36. The van der Waals surface area contributed by atoms with Crippen molar-refractivity contribution < 1.29 is 20.0 Å². The number of hydrogen-bond acceptors (Lipinski definition) is 4. The van der Waals surface area contributed by atoms with Gasteiger partial charge in [-0.2, -0.15) is 0 Å². The Morgan fingerprint density at radius 2 is 2.38 bits per heavy atom. The van der Waals surface area contributed by atoms with E-state index in [4.69, 9.17) is 16.1 Å². The van der Waals surface area contributed by atoms with Gasteiger partial charge in [-0.15, -0.1) is 0 Å². The molecule has 0 aromatic heterocycles. The Kier molecular flexibility index (Phi) is 3.09. The summed E-state index contributed by atoms with van der Waals surface area (Å²) in [6, 6.07) is -1.14. The average Bonchev–Trinajstić information content (AvgIpc) is 1.67. The first-order valence-corrected chi connectivity index (χ1v) is 1.93. The summed E-state index contributed by atoms with van der Waals surface area (Å²) < 4.78 is 0. The largest absolute Gasteiger partial charge is 0.480 e. The van der Waals surface area contributed by atoms with E-state index in [1.165, 1.54) is 0 Å². The molecule has 4 N–H and O–H groups in total. The molecule has 0 heterocycles. The zero-order valence-corrected chi connectivity index (χ0v) is 4.07. The average molecular weight is 121 g/mol. The van der Waals surface area contributed by atoms with E-state index in [-0.39, 0.29) is 6.61 Å². The van der Waals surface area contributed by atoms with E-state index >= 15 is 0 Å². The Hall–Kier alpha value is -0.650. The third kappa shape index (κ3) is 2.51. The lowest BCUT2D eigenvalue weighted by Gasteiger charge is -1.99. The zero-order chi connectivity index (χ0) is 6.57. The lowest BCUT2D eigenvalue weighted by atomic mass is 10.3. The highest BCUT2D eigenvalue weighted by atomic mass is 17.1. The quantitative estimate of drug-likeness (QED) is 0.325. The Bertz CT molecular complexity index is 83.4. The summed E-state index contributed by atoms with van der Waals surface area (Å²) in [6.07, 6.45) is 0. The van der Waals surface area contributed by atoms with Crippen LogP contribution in [0.5, 0.6) is 0 Å². The standard InChI is InChI=1S/C3H7NO4/c4-2(1-8-7)3(5)6/h2,7H,1,4H2,(H,5,6)/t2-/m0/s1. The summed E-state index contributed by atoms with van der Waals surface area (Å²) >= 11 is 0. The number of rotatable bonds is 3. The monoisotopic (exact) mass is 121 g/mol. The van der Waals surface area contributed by atoms with Crippen LogP contribution in [0.2, 0.25) is 0 Å². The summed E-state index contributed by atoms with van der Waals surface area (Å²) in [7, 11) is 0. The molecule has 0 saturated heterocycles. The molecule has 0 bridgehead atoms. The Morgan fingerprint density at radius 1 is 1.88 bits per heavy atom. The molecule has 0 aromatic carbocycles. The SMILES string of the molecule is N[C@@H](COO)C(=O)O. The van der Waals surface area contributed by atoms with Gasteiger partial charge in [-0.05, 0) is 0 Å². The van der Waals surface area contributed by atoms with Crippen LogP contribution in [0.3, 0.4) is 0 Å². The highest BCUT2D eigenvalue weighted by molar-refractivity contribution is 5.73. The van der Waals surface area contributed by atoms with E-state index in [0.717, 1.165) is 0 Å². The lowest BCUT2D eigenvalue weighted by molar-refractivity contribution is -0.245. The molecule has 5 nitrogen and oxygen atoms in total. The van der Waals surface area contributed by atoms with E-state index in [1.807, 2.05) is 0 Å². The minimum atomic E-state index is -1.20. The number of carboxylic acids is 1. The van der Waals surface area contributed by atoms with Crippen molar-refractivity contribution in [2.24, 2.45) is 5.73 Å². The summed E-state index contributed by atoms with van der Waals surface area (Å²) in [5.74, 6) is -1.20. The van der Waals surface area contributed by atoms with Crippen molar-refractivity contribution in [2.45, 2.75) is 6.04 Å². The van der Waals surface area contributed by atoms with Gasteiger partial charge in [0.1, 0.15) is 12.6 Å². The minimum absolute atomic E-state index is 0.380. The Balaban J connectivity index is 3.32. The number of hydrogen-bond donors (Lipinski definition) is 3. The molecule has 0 rings (SSSR count). The fourth-order valence-corrected chi connectivity index (χ4v) is 0.152. The Labute approximate surface area is 45.6 Å². The number of carbonyl (C=O) groups is 1. The topological polar surface area (TPSA) is 92.8 Å². The van der Waals surface area contributed by atoms with Gasteiger partial charge in [0.15, 0.2) is 0 Å². The van der Waals surface area contributed by atoms with Crippen molar-refractivity contribution in [1.82, 2.24) is 0 Å².